The van der Waals surface area contributed by atoms with Gasteiger partial charge < -0.3 is 15.1 Å². The molecule has 1 saturated carbocycles. The summed E-state index contributed by atoms with van der Waals surface area (Å²) in [6.07, 6.45) is 6.93. The molecule has 162 valence electrons. The third-order valence-electron chi connectivity index (χ3n) is 6.47. The molecule has 1 aliphatic carbocycles. The fraction of sp³-hybridized carbons (Fsp3) is 0.478. The zero-order valence-electron chi connectivity index (χ0n) is 17.9. The number of amides is 3. The Kier molecular flexibility index (Phi) is 4.79. The number of fused-ring (bicyclic) bond motifs is 1. The van der Waals surface area contributed by atoms with Crippen molar-refractivity contribution in [1.82, 2.24) is 15.1 Å². The lowest BCUT2D eigenvalue weighted by atomic mass is 10.0. The smallest absolute Gasteiger partial charge is 0.230 e. The Morgan fingerprint density at radius 1 is 1.13 bits per heavy atom. The molecule has 1 N–H and O–H groups in total. The first kappa shape index (κ1) is 19.8. The Hall–Kier alpha value is -3.16. The number of nitrogens with zero attached hydrogens (tertiary/aromatic N) is 4. The van der Waals surface area contributed by atoms with E-state index in [1.54, 1.807) is 18.0 Å². The highest BCUT2D eigenvalue weighted by molar-refractivity contribution is 6.06. The zero-order valence-corrected chi connectivity index (χ0v) is 17.9. The molecule has 5 rings (SSSR count). The van der Waals surface area contributed by atoms with E-state index in [1.165, 1.54) is 0 Å². The number of rotatable bonds is 3. The fourth-order valence-corrected chi connectivity index (χ4v) is 4.72. The van der Waals surface area contributed by atoms with E-state index in [0.717, 1.165) is 41.8 Å². The van der Waals surface area contributed by atoms with Crippen molar-refractivity contribution < 1.29 is 14.4 Å². The third kappa shape index (κ3) is 3.60. The average molecular weight is 422 g/mol. The molecule has 0 spiro atoms. The topological polar surface area (TPSA) is 87.5 Å². The molecule has 2 unspecified atom stereocenters. The summed E-state index contributed by atoms with van der Waals surface area (Å²) in [4.78, 5) is 40.7. The summed E-state index contributed by atoms with van der Waals surface area (Å²) in [5, 5.41) is 7.35. The van der Waals surface area contributed by atoms with E-state index in [1.807, 2.05) is 40.9 Å². The van der Waals surface area contributed by atoms with Gasteiger partial charge in [0.25, 0.3) is 0 Å². The van der Waals surface area contributed by atoms with Gasteiger partial charge in [0.05, 0.1) is 29.7 Å². The largest absolute Gasteiger partial charge is 0.356 e. The predicted molar refractivity (Wildman–Crippen MR) is 117 cm³/mol. The van der Waals surface area contributed by atoms with Gasteiger partial charge >= 0.3 is 0 Å². The molecule has 0 bridgehead atoms. The van der Waals surface area contributed by atoms with Crippen LogP contribution >= 0.6 is 0 Å². The molecule has 31 heavy (non-hydrogen) atoms. The molecule has 2 atom stereocenters. The molecule has 8 nitrogen and oxygen atoms in total. The van der Waals surface area contributed by atoms with Crippen LogP contribution in [0.15, 0.2) is 30.6 Å². The number of aromatic nitrogens is 2. The van der Waals surface area contributed by atoms with Crippen LogP contribution in [0.2, 0.25) is 0 Å². The van der Waals surface area contributed by atoms with Gasteiger partial charge in [-0.15, -0.1) is 0 Å². The second-order valence-corrected chi connectivity index (χ2v) is 8.87. The molecule has 3 aliphatic rings. The summed E-state index contributed by atoms with van der Waals surface area (Å²) in [5.74, 6) is 0.281. The molecule has 3 amide bonds. The molecular weight excluding hydrogens is 394 g/mol. The number of benzene rings is 1. The van der Waals surface area contributed by atoms with Gasteiger partial charge in [0.2, 0.25) is 17.7 Å². The first-order valence-corrected chi connectivity index (χ1v) is 11.0. The molecular formula is C23H27N5O3. The third-order valence-corrected chi connectivity index (χ3v) is 6.47. The summed E-state index contributed by atoms with van der Waals surface area (Å²) in [7, 11) is 0. The fourth-order valence-electron chi connectivity index (χ4n) is 4.72. The van der Waals surface area contributed by atoms with E-state index in [2.05, 4.69) is 10.4 Å². The van der Waals surface area contributed by atoms with E-state index in [0.29, 0.717) is 19.5 Å². The average Bonchev–Trinajstić information content (AvgIpc) is 3.48. The minimum atomic E-state index is -0.0706. The minimum absolute atomic E-state index is 0.0246. The van der Waals surface area contributed by atoms with Crippen molar-refractivity contribution in [3.63, 3.8) is 0 Å². The molecule has 1 aromatic heterocycles. The monoisotopic (exact) mass is 421 g/mol. The van der Waals surface area contributed by atoms with E-state index >= 15 is 0 Å². The van der Waals surface area contributed by atoms with Crippen molar-refractivity contribution in [2.75, 3.05) is 22.9 Å². The SMILES string of the molecule is CC(=O)N1c2ccc(-c3cnn(C4CCNC(=O)C4)c3)cc2N(C(=O)C2CC2)CC1C. The second-order valence-electron chi connectivity index (χ2n) is 8.87. The summed E-state index contributed by atoms with van der Waals surface area (Å²) >= 11 is 0. The molecule has 1 aromatic carbocycles. The number of carbonyl (C=O) groups is 3. The molecule has 2 aromatic rings. The lowest BCUT2D eigenvalue weighted by Crippen LogP contribution is -2.51. The van der Waals surface area contributed by atoms with Crippen LogP contribution in [0.3, 0.4) is 0 Å². The van der Waals surface area contributed by atoms with E-state index in [4.69, 9.17) is 0 Å². The standard InChI is InChI=1S/C23H27N5O3/c1-14-12-26(23(31)16-3-4-16)21-9-17(5-6-20(21)28(14)15(2)29)18-11-25-27(13-18)19-7-8-24-22(30)10-19/h5-6,9,11,13-14,16,19H,3-4,7-8,10,12H2,1-2H3,(H,24,30). The van der Waals surface area contributed by atoms with Gasteiger partial charge in [-0.25, -0.2) is 0 Å². The highest BCUT2D eigenvalue weighted by Gasteiger charge is 2.39. The number of hydrogen-bond acceptors (Lipinski definition) is 4. The molecule has 0 radical (unpaired) electrons. The van der Waals surface area contributed by atoms with Gasteiger partial charge in [0, 0.05) is 44.1 Å². The maximum absolute atomic E-state index is 13.0. The van der Waals surface area contributed by atoms with Gasteiger partial charge in [-0.2, -0.15) is 5.10 Å². The van der Waals surface area contributed by atoms with Gasteiger partial charge in [0.1, 0.15) is 0 Å². The number of piperidine rings is 1. The van der Waals surface area contributed by atoms with Crippen LogP contribution in [0, 0.1) is 5.92 Å². The maximum atomic E-state index is 13.0. The Bertz CT molecular complexity index is 1060. The second kappa shape index (κ2) is 7.51. The number of nitrogens with one attached hydrogen (secondary N) is 1. The first-order valence-electron chi connectivity index (χ1n) is 11.0. The lowest BCUT2D eigenvalue weighted by Gasteiger charge is -2.41. The molecule has 8 heteroatoms. The first-order chi connectivity index (χ1) is 14.9. The van der Waals surface area contributed by atoms with Crippen LogP contribution in [0.25, 0.3) is 11.1 Å². The Morgan fingerprint density at radius 2 is 1.94 bits per heavy atom. The van der Waals surface area contributed by atoms with Crippen LogP contribution in [0.4, 0.5) is 11.4 Å². The molecule has 2 aliphatic heterocycles. The summed E-state index contributed by atoms with van der Waals surface area (Å²) < 4.78 is 1.87. The molecule has 1 saturated heterocycles. The highest BCUT2D eigenvalue weighted by atomic mass is 16.2. The predicted octanol–water partition coefficient (Wildman–Crippen LogP) is 2.50. The molecule has 3 heterocycles. The van der Waals surface area contributed by atoms with Gasteiger partial charge in [0.15, 0.2) is 0 Å². The number of hydrogen-bond donors (Lipinski definition) is 1. The van der Waals surface area contributed by atoms with E-state index in [9.17, 15) is 14.4 Å². The van der Waals surface area contributed by atoms with Crippen LogP contribution < -0.4 is 15.1 Å². The number of anilines is 2. The highest BCUT2D eigenvalue weighted by Crippen LogP contribution is 2.42. The van der Waals surface area contributed by atoms with Crippen LogP contribution in [-0.2, 0) is 14.4 Å². The molecule has 2 fully saturated rings. The number of carbonyl (C=O) groups excluding carboxylic acids is 3. The van der Waals surface area contributed by atoms with Crippen molar-refractivity contribution in [1.29, 1.82) is 0 Å². The van der Waals surface area contributed by atoms with E-state index < -0.39 is 0 Å². The van der Waals surface area contributed by atoms with Crippen LogP contribution in [0.1, 0.15) is 45.6 Å². The van der Waals surface area contributed by atoms with Gasteiger partial charge in [-0.3, -0.25) is 19.1 Å². The van der Waals surface area contributed by atoms with Gasteiger partial charge in [-0.05, 0) is 43.9 Å². The quantitative estimate of drug-likeness (QED) is 0.825. The zero-order chi connectivity index (χ0) is 21.7. The summed E-state index contributed by atoms with van der Waals surface area (Å²) in [6.45, 7) is 4.71. The van der Waals surface area contributed by atoms with Crippen LogP contribution in [-0.4, -0.2) is 46.6 Å². The Morgan fingerprint density at radius 3 is 2.65 bits per heavy atom. The summed E-state index contributed by atoms with van der Waals surface area (Å²) in [5.41, 5.74) is 3.44. The normalized spacial score (nSPS) is 23.4. The van der Waals surface area contributed by atoms with Crippen molar-refractivity contribution in [2.24, 2.45) is 5.92 Å². The minimum Gasteiger partial charge on any atom is -0.356 e. The van der Waals surface area contributed by atoms with Gasteiger partial charge in [-0.1, -0.05) is 6.07 Å². The van der Waals surface area contributed by atoms with Crippen molar-refractivity contribution in [3.05, 3.63) is 30.6 Å². The lowest BCUT2D eigenvalue weighted by molar-refractivity contribution is -0.123. The Labute approximate surface area is 181 Å². The van der Waals surface area contributed by atoms with E-state index in [-0.39, 0.29) is 35.7 Å². The van der Waals surface area contributed by atoms with Crippen LogP contribution in [0.5, 0.6) is 0 Å². The summed E-state index contributed by atoms with van der Waals surface area (Å²) in [6, 6.07) is 5.88. The van der Waals surface area contributed by atoms with Crippen molar-refractivity contribution in [2.45, 2.75) is 51.6 Å². The van der Waals surface area contributed by atoms with Crippen molar-refractivity contribution in [3.8, 4) is 11.1 Å². The van der Waals surface area contributed by atoms with Crippen molar-refractivity contribution >= 4 is 29.1 Å². The maximum Gasteiger partial charge on any atom is 0.230 e. The Balaban J connectivity index is 1.50.